The number of piperazine rings is 1. The maximum absolute atomic E-state index is 12.2. The Bertz CT molecular complexity index is 692. The van der Waals surface area contributed by atoms with Gasteiger partial charge in [0.15, 0.2) is 0 Å². The molecule has 0 aromatic heterocycles. The lowest BCUT2D eigenvalue weighted by Gasteiger charge is -2.38. The molecule has 162 valence electrons. The van der Waals surface area contributed by atoms with E-state index in [2.05, 4.69) is 9.80 Å². The Morgan fingerprint density at radius 2 is 1.72 bits per heavy atom. The summed E-state index contributed by atoms with van der Waals surface area (Å²) in [6.45, 7) is 12.6. The average molecular weight is 442 g/mol. The fraction of sp³-hybridized carbons (Fsp3) is 0.682. The van der Waals surface area contributed by atoms with Crippen molar-refractivity contribution in [3.05, 3.63) is 28.2 Å². The first-order chi connectivity index (χ1) is 13.7. The van der Waals surface area contributed by atoms with Crippen LogP contribution >= 0.6 is 23.2 Å². The van der Waals surface area contributed by atoms with E-state index in [-0.39, 0.29) is 6.09 Å². The first-order valence-corrected chi connectivity index (χ1v) is 11.4. The highest BCUT2D eigenvalue weighted by atomic mass is 35.5. The van der Waals surface area contributed by atoms with Crippen LogP contribution in [0, 0.1) is 5.92 Å². The van der Waals surface area contributed by atoms with Crippen LogP contribution < -0.4 is 4.90 Å². The Balaban J connectivity index is 1.36. The van der Waals surface area contributed by atoms with Crippen LogP contribution in [-0.2, 0) is 4.74 Å². The molecular weight excluding hydrogens is 409 g/mol. The molecule has 0 saturated carbocycles. The van der Waals surface area contributed by atoms with Crippen LogP contribution in [0.4, 0.5) is 10.5 Å². The summed E-state index contributed by atoms with van der Waals surface area (Å²) < 4.78 is 5.49. The number of hydrogen-bond donors (Lipinski definition) is 0. The summed E-state index contributed by atoms with van der Waals surface area (Å²) in [4.78, 5) is 18.9. The Morgan fingerprint density at radius 1 is 1.07 bits per heavy atom. The number of hydrogen-bond acceptors (Lipinski definition) is 4. The van der Waals surface area contributed by atoms with Gasteiger partial charge in [-0.15, -0.1) is 0 Å². The minimum atomic E-state index is -0.424. The zero-order chi connectivity index (χ0) is 21.0. The summed E-state index contributed by atoms with van der Waals surface area (Å²) in [5.74, 6) is 0.692. The average Bonchev–Trinajstić information content (AvgIpc) is 2.66. The van der Waals surface area contributed by atoms with Crippen LogP contribution in [0.25, 0.3) is 0 Å². The molecule has 5 nitrogen and oxygen atoms in total. The number of nitrogens with zero attached hydrogens (tertiary/aromatic N) is 3. The second-order valence-electron chi connectivity index (χ2n) is 9.12. The summed E-state index contributed by atoms with van der Waals surface area (Å²) in [6, 6.07) is 5.73. The number of halogens is 2. The quantitative estimate of drug-likeness (QED) is 0.646. The van der Waals surface area contributed by atoms with Gasteiger partial charge >= 0.3 is 6.09 Å². The summed E-state index contributed by atoms with van der Waals surface area (Å²) >= 11 is 12.4. The lowest BCUT2D eigenvalue weighted by atomic mass is 9.93. The van der Waals surface area contributed by atoms with E-state index in [0.29, 0.717) is 10.9 Å². The fourth-order valence-electron chi connectivity index (χ4n) is 4.05. The van der Waals surface area contributed by atoms with E-state index < -0.39 is 5.60 Å². The molecular formula is C22H33Cl2N3O2. The van der Waals surface area contributed by atoms with E-state index in [9.17, 15) is 4.79 Å². The minimum Gasteiger partial charge on any atom is -0.444 e. The van der Waals surface area contributed by atoms with E-state index in [1.165, 1.54) is 6.42 Å². The van der Waals surface area contributed by atoms with Crippen LogP contribution in [0.2, 0.25) is 10.0 Å². The van der Waals surface area contributed by atoms with E-state index in [0.717, 1.165) is 69.4 Å². The monoisotopic (exact) mass is 441 g/mol. The highest BCUT2D eigenvalue weighted by Gasteiger charge is 2.27. The van der Waals surface area contributed by atoms with E-state index in [1.54, 1.807) is 0 Å². The maximum Gasteiger partial charge on any atom is 0.410 e. The normalized spacial score (nSPS) is 19.5. The number of rotatable bonds is 4. The maximum atomic E-state index is 12.2. The van der Waals surface area contributed by atoms with Gasteiger partial charge in [0.2, 0.25) is 0 Å². The van der Waals surface area contributed by atoms with Gasteiger partial charge in [-0.2, -0.15) is 0 Å². The molecule has 0 unspecified atom stereocenters. The second-order valence-corrected chi connectivity index (χ2v) is 9.97. The molecule has 0 N–H and O–H groups in total. The topological polar surface area (TPSA) is 36.0 Å². The number of ether oxygens (including phenoxy) is 1. The van der Waals surface area contributed by atoms with Gasteiger partial charge in [-0.25, -0.2) is 4.79 Å². The van der Waals surface area contributed by atoms with E-state index >= 15 is 0 Å². The third-order valence-corrected chi connectivity index (χ3v) is 6.28. The van der Waals surface area contributed by atoms with Crippen molar-refractivity contribution in [2.75, 3.05) is 50.7 Å². The lowest BCUT2D eigenvalue weighted by Crippen LogP contribution is -2.47. The number of anilines is 1. The van der Waals surface area contributed by atoms with Crippen molar-refractivity contribution in [1.82, 2.24) is 9.80 Å². The zero-order valence-electron chi connectivity index (χ0n) is 17.8. The molecule has 3 rings (SSSR count). The molecule has 2 saturated heterocycles. The molecule has 0 spiro atoms. The molecule has 1 aromatic carbocycles. The fourth-order valence-corrected chi connectivity index (χ4v) is 4.57. The Labute approximate surface area is 184 Å². The van der Waals surface area contributed by atoms with Gasteiger partial charge in [0, 0.05) is 44.3 Å². The molecule has 2 aliphatic rings. The van der Waals surface area contributed by atoms with E-state index in [4.69, 9.17) is 27.9 Å². The Hall–Kier alpha value is -1.17. The predicted molar refractivity (Wildman–Crippen MR) is 120 cm³/mol. The zero-order valence-corrected chi connectivity index (χ0v) is 19.3. The van der Waals surface area contributed by atoms with Crippen LogP contribution in [0.15, 0.2) is 18.2 Å². The lowest BCUT2D eigenvalue weighted by molar-refractivity contribution is 0.0177. The van der Waals surface area contributed by atoms with Gasteiger partial charge < -0.3 is 14.5 Å². The van der Waals surface area contributed by atoms with Crippen LogP contribution in [-0.4, -0.2) is 67.3 Å². The number of likely N-dealkylation sites (tertiary alicyclic amines) is 1. The highest BCUT2D eigenvalue weighted by molar-refractivity contribution is 6.36. The first-order valence-electron chi connectivity index (χ1n) is 10.6. The Morgan fingerprint density at radius 3 is 2.31 bits per heavy atom. The van der Waals surface area contributed by atoms with Crippen molar-refractivity contribution in [1.29, 1.82) is 0 Å². The molecule has 2 aliphatic heterocycles. The van der Waals surface area contributed by atoms with Crippen LogP contribution in [0.1, 0.15) is 40.0 Å². The third-order valence-electron chi connectivity index (χ3n) is 5.74. The molecule has 2 heterocycles. The van der Waals surface area contributed by atoms with E-state index in [1.807, 2.05) is 43.9 Å². The van der Waals surface area contributed by atoms with Gasteiger partial charge in [0.05, 0.1) is 10.7 Å². The molecule has 29 heavy (non-hydrogen) atoms. The molecule has 1 amide bonds. The third kappa shape index (κ3) is 6.66. The smallest absolute Gasteiger partial charge is 0.410 e. The Kier molecular flexibility index (Phi) is 7.58. The molecule has 0 bridgehead atoms. The number of carbonyl (C=O) groups excluding carboxylic acids is 1. The first kappa shape index (κ1) is 22.5. The van der Waals surface area contributed by atoms with Crippen molar-refractivity contribution < 1.29 is 9.53 Å². The van der Waals surface area contributed by atoms with Crippen molar-refractivity contribution in [2.45, 2.75) is 45.6 Å². The number of benzene rings is 1. The van der Waals surface area contributed by atoms with Crippen LogP contribution in [0.5, 0.6) is 0 Å². The standard InChI is InChI=1S/C22H33Cl2N3O2/c1-22(2,3)29-21(28)27-10-7-17(8-11-27)6-9-25-12-14-26(15-13-25)20-5-4-18(23)16-19(20)24/h4-5,16-17H,6-15H2,1-3H3. The second kappa shape index (κ2) is 9.76. The van der Waals surface area contributed by atoms with Gasteiger partial charge in [0.25, 0.3) is 0 Å². The van der Waals surface area contributed by atoms with Crippen molar-refractivity contribution in [3.8, 4) is 0 Å². The molecule has 0 atom stereocenters. The minimum absolute atomic E-state index is 0.173. The molecule has 2 fully saturated rings. The molecule has 1 aromatic rings. The van der Waals surface area contributed by atoms with Gasteiger partial charge in [-0.05, 0) is 70.7 Å². The number of amides is 1. The molecule has 7 heteroatoms. The summed E-state index contributed by atoms with van der Waals surface area (Å²) in [5.41, 5.74) is 0.650. The van der Waals surface area contributed by atoms with Crippen LogP contribution in [0.3, 0.4) is 0 Å². The molecule has 0 radical (unpaired) electrons. The predicted octanol–water partition coefficient (Wildman–Crippen LogP) is 5.15. The van der Waals surface area contributed by atoms with Gasteiger partial charge in [-0.3, -0.25) is 4.90 Å². The number of carbonyl (C=O) groups is 1. The van der Waals surface area contributed by atoms with Crippen molar-refractivity contribution in [3.63, 3.8) is 0 Å². The largest absolute Gasteiger partial charge is 0.444 e. The van der Waals surface area contributed by atoms with Gasteiger partial charge in [-0.1, -0.05) is 23.2 Å². The van der Waals surface area contributed by atoms with Crippen molar-refractivity contribution in [2.24, 2.45) is 5.92 Å². The highest BCUT2D eigenvalue weighted by Crippen LogP contribution is 2.30. The van der Waals surface area contributed by atoms with Crippen molar-refractivity contribution >= 4 is 35.0 Å². The summed E-state index contributed by atoms with van der Waals surface area (Å²) in [6.07, 6.45) is 3.16. The van der Waals surface area contributed by atoms with Gasteiger partial charge in [0.1, 0.15) is 5.60 Å². The SMILES string of the molecule is CC(C)(C)OC(=O)N1CCC(CCN2CCN(c3ccc(Cl)cc3Cl)CC2)CC1. The number of piperidine rings is 1. The molecule has 0 aliphatic carbocycles. The summed E-state index contributed by atoms with van der Waals surface area (Å²) in [5, 5.41) is 1.40. The summed E-state index contributed by atoms with van der Waals surface area (Å²) in [7, 11) is 0.